The lowest BCUT2D eigenvalue weighted by Crippen LogP contribution is -2.37. The Morgan fingerprint density at radius 1 is 1.20 bits per heavy atom. The monoisotopic (exact) mass is 296 g/mol. The Morgan fingerprint density at radius 2 is 1.80 bits per heavy atom. The van der Waals surface area contributed by atoms with Crippen LogP contribution in [0, 0.1) is 18.8 Å². The van der Waals surface area contributed by atoms with Crippen LogP contribution in [0.4, 0.5) is 5.69 Å². The lowest BCUT2D eigenvalue weighted by molar-refractivity contribution is 0.268. The highest BCUT2D eigenvalue weighted by Gasteiger charge is 2.28. The average Bonchev–Trinajstić information content (AvgIpc) is 2.34. The molecule has 2 unspecified atom stereocenters. The lowest BCUT2D eigenvalue weighted by Gasteiger charge is -2.36. The van der Waals surface area contributed by atoms with Gasteiger partial charge in [0.2, 0.25) is 10.0 Å². The topological polar surface area (TPSA) is 72.2 Å². The van der Waals surface area contributed by atoms with E-state index in [1.807, 2.05) is 6.92 Å². The molecule has 3 N–H and O–H groups in total. The van der Waals surface area contributed by atoms with Crippen LogP contribution >= 0.6 is 0 Å². The van der Waals surface area contributed by atoms with Crippen LogP contribution in [-0.4, -0.2) is 14.5 Å². The van der Waals surface area contributed by atoms with Gasteiger partial charge in [0.15, 0.2) is 0 Å². The number of hydrogen-bond acceptors (Lipinski definition) is 3. The Labute approximate surface area is 121 Å². The fourth-order valence-corrected chi connectivity index (χ4v) is 3.62. The van der Waals surface area contributed by atoms with Crippen molar-refractivity contribution >= 4 is 15.7 Å². The van der Waals surface area contributed by atoms with Crippen LogP contribution in [0.25, 0.3) is 0 Å². The number of anilines is 1. The molecule has 20 heavy (non-hydrogen) atoms. The van der Waals surface area contributed by atoms with Crippen LogP contribution in [0.1, 0.15) is 38.7 Å². The van der Waals surface area contributed by atoms with Crippen molar-refractivity contribution in [2.75, 3.05) is 5.32 Å². The van der Waals surface area contributed by atoms with Gasteiger partial charge >= 0.3 is 0 Å². The predicted octanol–water partition coefficient (Wildman–Crippen LogP) is 2.88. The van der Waals surface area contributed by atoms with E-state index >= 15 is 0 Å². The van der Waals surface area contributed by atoms with Gasteiger partial charge in [-0.25, -0.2) is 13.6 Å². The summed E-state index contributed by atoms with van der Waals surface area (Å²) < 4.78 is 22.9. The maximum Gasteiger partial charge on any atom is 0.238 e. The van der Waals surface area contributed by atoms with Crippen LogP contribution in [0.3, 0.4) is 0 Å². The molecule has 1 aliphatic rings. The summed E-state index contributed by atoms with van der Waals surface area (Å²) >= 11 is 0. The van der Waals surface area contributed by atoms with Gasteiger partial charge in [-0.1, -0.05) is 26.3 Å². The first kappa shape index (κ1) is 15.3. The molecule has 0 aromatic heterocycles. The number of rotatable bonds is 3. The van der Waals surface area contributed by atoms with Crippen molar-refractivity contribution in [1.29, 1.82) is 0 Å². The number of hydrogen-bond donors (Lipinski definition) is 2. The third-order valence-electron chi connectivity index (χ3n) is 4.40. The molecule has 1 aliphatic carbocycles. The maximum absolute atomic E-state index is 11.5. The van der Waals surface area contributed by atoms with Crippen molar-refractivity contribution in [2.24, 2.45) is 17.0 Å². The van der Waals surface area contributed by atoms with Crippen molar-refractivity contribution in [3.05, 3.63) is 23.8 Å². The minimum absolute atomic E-state index is 0.168. The molecule has 2 atom stereocenters. The van der Waals surface area contributed by atoms with Crippen molar-refractivity contribution in [3.63, 3.8) is 0 Å². The Balaban J connectivity index is 2.28. The van der Waals surface area contributed by atoms with E-state index in [1.165, 1.54) is 19.3 Å². The van der Waals surface area contributed by atoms with Crippen molar-refractivity contribution < 1.29 is 8.42 Å². The van der Waals surface area contributed by atoms with Crippen LogP contribution in [0.5, 0.6) is 0 Å². The molecule has 5 heteroatoms. The molecule has 0 radical (unpaired) electrons. The molecule has 0 spiro atoms. The van der Waals surface area contributed by atoms with E-state index < -0.39 is 10.0 Å². The van der Waals surface area contributed by atoms with Crippen LogP contribution in [-0.2, 0) is 10.0 Å². The fourth-order valence-electron chi connectivity index (χ4n) is 3.08. The molecule has 1 aromatic rings. The second-order valence-corrected chi connectivity index (χ2v) is 7.64. The number of primary sulfonamides is 1. The molecule has 2 rings (SSSR count). The standard InChI is InChI=1S/C15H24N2O2S/c1-10-7-8-13(20(16,18)19)9-14(10)17-15-11(2)5-4-6-12(15)3/h7-9,11-12,15,17H,4-6H2,1-3H3,(H2,16,18,19). The van der Waals surface area contributed by atoms with E-state index in [9.17, 15) is 8.42 Å². The Hall–Kier alpha value is -1.07. The molecular weight excluding hydrogens is 272 g/mol. The first-order valence-electron chi connectivity index (χ1n) is 7.19. The molecule has 4 nitrogen and oxygen atoms in total. The fraction of sp³-hybridized carbons (Fsp3) is 0.600. The van der Waals surface area contributed by atoms with E-state index in [1.54, 1.807) is 18.2 Å². The summed E-state index contributed by atoms with van der Waals surface area (Å²) in [5, 5.41) is 8.75. The van der Waals surface area contributed by atoms with E-state index in [2.05, 4.69) is 19.2 Å². The lowest BCUT2D eigenvalue weighted by atomic mass is 9.78. The minimum Gasteiger partial charge on any atom is -0.382 e. The van der Waals surface area contributed by atoms with E-state index in [0.717, 1.165) is 11.3 Å². The molecule has 1 aromatic carbocycles. The smallest absolute Gasteiger partial charge is 0.238 e. The van der Waals surface area contributed by atoms with Gasteiger partial charge in [0.05, 0.1) is 4.90 Å². The van der Waals surface area contributed by atoms with Crippen LogP contribution in [0.2, 0.25) is 0 Å². The van der Waals surface area contributed by atoms with Crippen molar-refractivity contribution in [1.82, 2.24) is 0 Å². The third kappa shape index (κ3) is 3.33. The quantitative estimate of drug-likeness (QED) is 0.901. The molecular formula is C15H24N2O2S. The van der Waals surface area contributed by atoms with E-state index in [0.29, 0.717) is 17.9 Å². The highest BCUT2D eigenvalue weighted by molar-refractivity contribution is 7.89. The molecule has 1 fully saturated rings. The van der Waals surface area contributed by atoms with E-state index in [-0.39, 0.29) is 4.90 Å². The summed E-state index contributed by atoms with van der Waals surface area (Å²) in [6.07, 6.45) is 3.71. The Morgan fingerprint density at radius 3 is 2.35 bits per heavy atom. The first-order valence-corrected chi connectivity index (χ1v) is 8.73. The summed E-state index contributed by atoms with van der Waals surface area (Å²) in [4.78, 5) is 0.168. The van der Waals surface area contributed by atoms with Crippen LogP contribution in [0.15, 0.2) is 23.1 Å². The number of benzene rings is 1. The van der Waals surface area contributed by atoms with Crippen LogP contribution < -0.4 is 10.5 Å². The Bertz CT molecular complexity index is 574. The molecule has 1 saturated carbocycles. The number of sulfonamides is 1. The number of aryl methyl sites for hydroxylation is 1. The molecule has 0 bridgehead atoms. The highest BCUT2D eigenvalue weighted by Crippen LogP contribution is 2.32. The van der Waals surface area contributed by atoms with Gasteiger partial charge in [0.25, 0.3) is 0 Å². The molecule has 0 aliphatic heterocycles. The predicted molar refractivity (Wildman–Crippen MR) is 82.1 cm³/mol. The van der Waals surface area contributed by atoms with Gasteiger partial charge in [-0.2, -0.15) is 0 Å². The minimum atomic E-state index is -3.65. The third-order valence-corrected chi connectivity index (χ3v) is 5.32. The summed E-state index contributed by atoms with van der Waals surface area (Å²) in [5.74, 6) is 1.19. The van der Waals surface area contributed by atoms with Gasteiger partial charge in [-0.3, -0.25) is 0 Å². The zero-order chi connectivity index (χ0) is 14.9. The highest BCUT2D eigenvalue weighted by atomic mass is 32.2. The van der Waals surface area contributed by atoms with Crippen molar-refractivity contribution in [2.45, 2.75) is 51.0 Å². The van der Waals surface area contributed by atoms with Gasteiger partial charge < -0.3 is 5.32 Å². The molecule has 0 amide bonds. The van der Waals surface area contributed by atoms with Gasteiger partial charge in [-0.05, 0) is 49.3 Å². The van der Waals surface area contributed by atoms with Gasteiger partial charge in [0.1, 0.15) is 0 Å². The maximum atomic E-state index is 11.5. The molecule has 112 valence electrons. The number of nitrogens with two attached hydrogens (primary N) is 1. The summed E-state index contributed by atoms with van der Waals surface area (Å²) in [7, 11) is -3.65. The second-order valence-electron chi connectivity index (χ2n) is 6.08. The zero-order valence-corrected chi connectivity index (χ0v) is 13.2. The second kappa shape index (κ2) is 5.74. The van der Waals surface area contributed by atoms with Crippen molar-refractivity contribution in [3.8, 4) is 0 Å². The summed E-state index contributed by atoms with van der Waals surface area (Å²) in [6.45, 7) is 6.49. The zero-order valence-electron chi connectivity index (χ0n) is 12.4. The van der Waals surface area contributed by atoms with Gasteiger partial charge in [-0.15, -0.1) is 0 Å². The molecule has 0 saturated heterocycles. The summed E-state index contributed by atoms with van der Waals surface area (Å²) in [5.41, 5.74) is 1.92. The normalized spacial score (nSPS) is 27.3. The first-order chi connectivity index (χ1) is 9.29. The summed E-state index contributed by atoms with van der Waals surface area (Å²) in [6, 6.07) is 5.40. The van der Waals surface area contributed by atoms with Gasteiger partial charge in [0, 0.05) is 11.7 Å². The molecule has 0 heterocycles. The number of nitrogens with one attached hydrogen (secondary N) is 1. The Kier molecular flexibility index (Phi) is 4.39. The largest absolute Gasteiger partial charge is 0.382 e. The SMILES string of the molecule is Cc1ccc(S(N)(=O)=O)cc1NC1C(C)CCCC1C. The average molecular weight is 296 g/mol. The van der Waals surface area contributed by atoms with E-state index in [4.69, 9.17) is 5.14 Å².